The molecule has 0 amide bonds. The summed E-state index contributed by atoms with van der Waals surface area (Å²) in [5, 5.41) is 0. The first kappa shape index (κ1) is 24.1. The molecule has 0 spiro atoms. The third-order valence-corrected chi connectivity index (χ3v) is 5.16. The Morgan fingerprint density at radius 3 is 1.67 bits per heavy atom. The predicted octanol–water partition coefficient (Wildman–Crippen LogP) is 7.02. The Morgan fingerprint density at radius 1 is 0.567 bits per heavy atom. The third kappa shape index (κ3) is 10.0. The topological polar surface area (TPSA) is 57.1 Å². The van der Waals surface area contributed by atoms with Gasteiger partial charge in [0.25, 0.3) is 0 Å². The van der Waals surface area contributed by atoms with Gasteiger partial charge < -0.3 is 9.47 Å². The minimum Gasteiger partial charge on any atom is -0.478 e. The normalized spacial score (nSPS) is 10.9. The van der Waals surface area contributed by atoms with Crippen LogP contribution in [0.4, 0.5) is 0 Å². The number of hydrogen-bond acceptors (Lipinski definition) is 5. The van der Waals surface area contributed by atoms with Gasteiger partial charge in [-0.1, -0.05) is 78.1 Å². The van der Waals surface area contributed by atoms with Crippen molar-refractivity contribution in [2.45, 2.75) is 90.9 Å². The number of unbranched alkanes of at least 4 members (excludes halogenated alkanes) is 10. The Labute approximate surface area is 182 Å². The Hall–Kier alpha value is -2.17. The molecule has 2 aromatic heterocycles. The van der Waals surface area contributed by atoms with Crippen LogP contribution in [-0.4, -0.2) is 28.2 Å². The molecule has 0 atom stereocenters. The van der Waals surface area contributed by atoms with Gasteiger partial charge in [0.1, 0.15) is 0 Å². The van der Waals surface area contributed by atoms with Gasteiger partial charge in [0.2, 0.25) is 11.8 Å². The zero-order chi connectivity index (χ0) is 21.3. The molecule has 0 saturated heterocycles. The number of aromatic nitrogens is 3. The first-order valence-electron chi connectivity index (χ1n) is 11.9. The molecule has 0 aromatic carbocycles. The van der Waals surface area contributed by atoms with E-state index < -0.39 is 0 Å². The smallest absolute Gasteiger partial charge is 0.232 e. The molecule has 0 N–H and O–H groups in total. The van der Waals surface area contributed by atoms with Crippen molar-refractivity contribution in [2.75, 3.05) is 13.2 Å². The second-order valence-electron chi connectivity index (χ2n) is 7.86. The lowest BCUT2D eigenvalue weighted by atomic mass is 10.1. The van der Waals surface area contributed by atoms with Crippen LogP contribution in [0.15, 0.2) is 30.7 Å². The van der Waals surface area contributed by atoms with Crippen LogP contribution < -0.4 is 9.47 Å². The van der Waals surface area contributed by atoms with Gasteiger partial charge in [-0.15, -0.1) is 0 Å². The summed E-state index contributed by atoms with van der Waals surface area (Å²) in [5.74, 6) is 1.25. The molecule has 30 heavy (non-hydrogen) atoms. The van der Waals surface area contributed by atoms with Gasteiger partial charge >= 0.3 is 0 Å². The van der Waals surface area contributed by atoms with E-state index >= 15 is 0 Å². The molecule has 0 aliphatic heterocycles. The van der Waals surface area contributed by atoms with E-state index in [1.54, 1.807) is 18.6 Å². The fraction of sp³-hybridized carbons (Fsp3) is 0.640. The molecule has 2 heterocycles. The van der Waals surface area contributed by atoms with E-state index in [0.717, 1.165) is 30.7 Å². The molecular formula is C25H39N3O2. The van der Waals surface area contributed by atoms with E-state index in [4.69, 9.17) is 9.47 Å². The molecule has 2 aromatic rings. The van der Waals surface area contributed by atoms with Crippen LogP contribution in [0.3, 0.4) is 0 Å². The summed E-state index contributed by atoms with van der Waals surface area (Å²) in [7, 11) is 0. The van der Waals surface area contributed by atoms with Gasteiger partial charge in [0.15, 0.2) is 0 Å². The van der Waals surface area contributed by atoms with Crippen LogP contribution >= 0.6 is 0 Å². The third-order valence-electron chi connectivity index (χ3n) is 5.16. The summed E-state index contributed by atoms with van der Waals surface area (Å²) < 4.78 is 11.4. The van der Waals surface area contributed by atoms with Crippen molar-refractivity contribution in [3.05, 3.63) is 30.7 Å². The van der Waals surface area contributed by atoms with Crippen LogP contribution in [0.2, 0.25) is 0 Å². The monoisotopic (exact) mass is 413 g/mol. The number of rotatable bonds is 17. The molecule has 0 radical (unpaired) electrons. The van der Waals surface area contributed by atoms with Crippen molar-refractivity contribution in [1.82, 2.24) is 15.0 Å². The van der Waals surface area contributed by atoms with Crippen LogP contribution in [0.5, 0.6) is 11.8 Å². The highest BCUT2D eigenvalue weighted by atomic mass is 16.5. The second-order valence-corrected chi connectivity index (χ2v) is 7.86. The average Bonchev–Trinajstić information content (AvgIpc) is 2.79. The van der Waals surface area contributed by atoms with Gasteiger partial charge in [-0.25, -0.2) is 15.0 Å². The van der Waals surface area contributed by atoms with Gasteiger partial charge in [-0.3, -0.25) is 0 Å². The summed E-state index contributed by atoms with van der Waals surface area (Å²) in [5.41, 5.74) is 1.72. The van der Waals surface area contributed by atoms with Crippen molar-refractivity contribution in [3.8, 4) is 23.0 Å². The largest absolute Gasteiger partial charge is 0.478 e. The van der Waals surface area contributed by atoms with Gasteiger partial charge in [-0.05, 0) is 18.9 Å². The SMILES string of the molecule is CCCCCCCCOc1ccc(-c2cnc(OCCCCCCCC)cn2)cn1. The Morgan fingerprint density at radius 2 is 1.13 bits per heavy atom. The zero-order valence-electron chi connectivity index (χ0n) is 18.9. The van der Waals surface area contributed by atoms with Crippen LogP contribution in [0.1, 0.15) is 90.9 Å². The summed E-state index contributed by atoms with van der Waals surface area (Å²) in [6, 6.07) is 3.88. The molecule has 0 fully saturated rings. The zero-order valence-corrected chi connectivity index (χ0v) is 18.9. The van der Waals surface area contributed by atoms with E-state index in [1.165, 1.54) is 64.2 Å². The lowest BCUT2D eigenvalue weighted by molar-refractivity contribution is 0.292. The maximum absolute atomic E-state index is 5.74. The molecule has 166 valence electrons. The van der Waals surface area contributed by atoms with Crippen molar-refractivity contribution in [3.63, 3.8) is 0 Å². The number of ether oxygens (including phenoxy) is 2. The number of nitrogens with zero attached hydrogens (tertiary/aromatic N) is 3. The minimum absolute atomic E-state index is 0.583. The van der Waals surface area contributed by atoms with E-state index in [9.17, 15) is 0 Å². The molecule has 0 aliphatic carbocycles. The fourth-order valence-electron chi connectivity index (χ4n) is 3.28. The van der Waals surface area contributed by atoms with Gasteiger partial charge in [0.05, 0.1) is 31.3 Å². The standard InChI is InChI=1S/C25H39N3O2/c1-3-5-7-9-11-13-17-29-24-16-15-22(19-27-24)23-20-28-25(21-26-23)30-18-14-12-10-8-6-4-2/h15-16,19-21H,3-14,17-18H2,1-2H3. The summed E-state index contributed by atoms with van der Waals surface area (Å²) in [6.07, 6.45) is 20.3. The van der Waals surface area contributed by atoms with Gasteiger partial charge in [0, 0.05) is 17.8 Å². The van der Waals surface area contributed by atoms with E-state index in [2.05, 4.69) is 28.8 Å². The summed E-state index contributed by atoms with van der Waals surface area (Å²) in [6.45, 7) is 5.90. The summed E-state index contributed by atoms with van der Waals surface area (Å²) in [4.78, 5) is 13.2. The highest BCUT2D eigenvalue weighted by Gasteiger charge is 2.04. The van der Waals surface area contributed by atoms with Crippen LogP contribution in [0, 0.1) is 0 Å². The molecule has 5 heteroatoms. The van der Waals surface area contributed by atoms with E-state index in [0.29, 0.717) is 18.4 Å². The van der Waals surface area contributed by atoms with Crippen LogP contribution in [0.25, 0.3) is 11.3 Å². The molecule has 5 nitrogen and oxygen atoms in total. The molecule has 0 unspecified atom stereocenters. The van der Waals surface area contributed by atoms with Crippen molar-refractivity contribution < 1.29 is 9.47 Å². The van der Waals surface area contributed by atoms with Crippen molar-refractivity contribution in [1.29, 1.82) is 0 Å². The average molecular weight is 414 g/mol. The van der Waals surface area contributed by atoms with E-state index in [-0.39, 0.29) is 0 Å². The summed E-state index contributed by atoms with van der Waals surface area (Å²) >= 11 is 0. The Balaban J connectivity index is 1.65. The van der Waals surface area contributed by atoms with Gasteiger partial charge in [-0.2, -0.15) is 0 Å². The Kier molecular flexibility index (Phi) is 12.6. The quantitative estimate of drug-likeness (QED) is 0.261. The molecular weight excluding hydrogens is 374 g/mol. The minimum atomic E-state index is 0.583. The molecule has 0 saturated carbocycles. The lowest BCUT2D eigenvalue weighted by Crippen LogP contribution is -2.00. The molecule has 2 rings (SSSR count). The highest BCUT2D eigenvalue weighted by molar-refractivity contribution is 5.57. The number of pyridine rings is 1. The highest BCUT2D eigenvalue weighted by Crippen LogP contribution is 2.19. The first-order valence-corrected chi connectivity index (χ1v) is 11.9. The van der Waals surface area contributed by atoms with Crippen molar-refractivity contribution >= 4 is 0 Å². The number of hydrogen-bond donors (Lipinski definition) is 0. The van der Waals surface area contributed by atoms with Crippen molar-refractivity contribution in [2.24, 2.45) is 0 Å². The Bertz CT molecular complexity index is 600. The van der Waals surface area contributed by atoms with E-state index in [1.807, 2.05) is 12.1 Å². The second kappa shape index (κ2) is 15.6. The molecule has 0 bridgehead atoms. The van der Waals surface area contributed by atoms with Crippen LogP contribution in [-0.2, 0) is 0 Å². The predicted molar refractivity (Wildman–Crippen MR) is 123 cm³/mol. The maximum Gasteiger partial charge on any atom is 0.232 e. The maximum atomic E-state index is 5.74. The first-order chi connectivity index (χ1) is 14.8. The molecule has 0 aliphatic rings. The lowest BCUT2D eigenvalue weighted by Gasteiger charge is -2.07. The fourth-order valence-corrected chi connectivity index (χ4v) is 3.28.